The number of hydrogen-bond donors (Lipinski definition) is 1. The van der Waals surface area contributed by atoms with Crippen LogP contribution in [0.15, 0.2) is 36.5 Å². The van der Waals surface area contributed by atoms with Gasteiger partial charge in [0.2, 0.25) is 0 Å². The van der Waals surface area contributed by atoms with E-state index in [0.29, 0.717) is 43.9 Å². The van der Waals surface area contributed by atoms with Crippen LogP contribution in [0.25, 0.3) is 11.4 Å². The Balaban J connectivity index is 1.54. The Labute approximate surface area is 164 Å². The molecule has 7 heteroatoms. The Hall–Kier alpha value is -2.54. The second-order valence-corrected chi connectivity index (χ2v) is 7.53. The Bertz CT molecular complexity index is 839. The van der Waals surface area contributed by atoms with Crippen LogP contribution in [0.4, 0.5) is 10.2 Å². The summed E-state index contributed by atoms with van der Waals surface area (Å²) in [7, 11) is 0. The maximum Gasteiger partial charge on any atom is 0.253 e. The second-order valence-electron chi connectivity index (χ2n) is 7.53. The van der Waals surface area contributed by atoms with Crippen LogP contribution in [0, 0.1) is 0 Å². The van der Waals surface area contributed by atoms with Gasteiger partial charge in [0.25, 0.3) is 5.91 Å². The van der Waals surface area contributed by atoms with Crippen molar-refractivity contribution in [1.82, 2.24) is 14.9 Å². The number of aromatic nitrogens is 2. The summed E-state index contributed by atoms with van der Waals surface area (Å²) in [5, 5.41) is 9.91. The van der Waals surface area contributed by atoms with E-state index in [2.05, 4.69) is 14.9 Å². The molecule has 3 heterocycles. The first-order valence-corrected chi connectivity index (χ1v) is 9.90. The lowest BCUT2D eigenvalue weighted by molar-refractivity contribution is 0.0667. The average Bonchev–Trinajstić information content (AvgIpc) is 2.74. The van der Waals surface area contributed by atoms with Crippen LogP contribution in [0.3, 0.4) is 0 Å². The third kappa shape index (κ3) is 4.14. The molecule has 4 rings (SSSR count). The number of amides is 1. The summed E-state index contributed by atoms with van der Waals surface area (Å²) in [5.74, 6) is 1.25. The number of benzene rings is 1. The molecule has 0 spiro atoms. The van der Waals surface area contributed by atoms with Crippen molar-refractivity contribution in [3.05, 3.63) is 42.1 Å². The number of carbonyl (C=O) groups is 1. The molecule has 28 heavy (non-hydrogen) atoms. The molecule has 1 aromatic heterocycles. The van der Waals surface area contributed by atoms with Crippen molar-refractivity contribution in [2.45, 2.75) is 38.0 Å². The number of rotatable bonds is 3. The van der Waals surface area contributed by atoms with Crippen LogP contribution in [0.1, 0.15) is 36.0 Å². The summed E-state index contributed by atoms with van der Waals surface area (Å²) in [6, 6.07) is 9.13. The Morgan fingerprint density at radius 1 is 1.14 bits per heavy atom. The Morgan fingerprint density at radius 2 is 1.96 bits per heavy atom. The Kier molecular flexibility index (Phi) is 5.52. The summed E-state index contributed by atoms with van der Waals surface area (Å²) >= 11 is 0. The summed E-state index contributed by atoms with van der Waals surface area (Å²) in [4.78, 5) is 25.6. The van der Waals surface area contributed by atoms with E-state index < -0.39 is 6.17 Å². The van der Waals surface area contributed by atoms with Gasteiger partial charge in [0.05, 0.1) is 6.10 Å². The van der Waals surface area contributed by atoms with Gasteiger partial charge >= 0.3 is 0 Å². The van der Waals surface area contributed by atoms with Crippen molar-refractivity contribution in [3.8, 4) is 11.4 Å². The van der Waals surface area contributed by atoms with E-state index in [-0.39, 0.29) is 12.0 Å². The number of likely N-dealkylation sites (tertiary alicyclic amines) is 1. The zero-order valence-electron chi connectivity index (χ0n) is 15.8. The van der Waals surface area contributed by atoms with Crippen molar-refractivity contribution in [3.63, 3.8) is 0 Å². The molecule has 0 aliphatic carbocycles. The largest absolute Gasteiger partial charge is 0.391 e. The van der Waals surface area contributed by atoms with E-state index in [1.807, 2.05) is 18.2 Å². The van der Waals surface area contributed by atoms with Crippen LogP contribution >= 0.6 is 0 Å². The monoisotopic (exact) mass is 384 g/mol. The molecule has 2 aromatic rings. The molecule has 2 fully saturated rings. The zero-order valence-corrected chi connectivity index (χ0v) is 15.8. The zero-order chi connectivity index (χ0) is 19.5. The smallest absolute Gasteiger partial charge is 0.253 e. The lowest BCUT2D eigenvalue weighted by Crippen LogP contribution is -2.39. The molecule has 2 aliphatic heterocycles. The summed E-state index contributed by atoms with van der Waals surface area (Å²) in [5.41, 5.74) is 1.34. The standard InChI is InChI=1S/C21H25FN4O2/c22-17-7-11-25(12-8-17)21(28)16-4-1-3-15(13-16)20-23-9-6-19(24-20)26-10-2-5-18(27)14-26/h1,3-4,6,9,13,17-18,27H,2,5,7-8,10-12,14H2/t18-/m0/s1. The number of β-amino-alcohol motifs (C(OH)–C–C–N with tert-alkyl or cyclic N) is 1. The molecule has 1 N–H and O–H groups in total. The molecule has 0 saturated carbocycles. The van der Waals surface area contributed by atoms with E-state index in [4.69, 9.17) is 0 Å². The summed E-state index contributed by atoms with van der Waals surface area (Å²) in [6.07, 6.45) is 3.12. The van der Waals surface area contributed by atoms with Crippen molar-refractivity contribution in [2.24, 2.45) is 0 Å². The quantitative estimate of drug-likeness (QED) is 0.881. The van der Waals surface area contributed by atoms with Gasteiger partial charge in [-0.05, 0) is 43.9 Å². The molecule has 2 saturated heterocycles. The van der Waals surface area contributed by atoms with Crippen molar-refractivity contribution < 1.29 is 14.3 Å². The first kappa shape index (κ1) is 18.8. The number of aliphatic hydroxyl groups excluding tert-OH is 1. The van der Waals surface area contributed by atoms with Crippen LogP contribution in [-0.4, -0.2) is 64.3 Å². The number of alkyl halides is 1. The van der Waals surface area contributed by atoms with Crippen LogP contribution in [-0.2, 0) is 0 Å². The number of halogens is 1. The molecule has 1 aromatic carbocycles. The number of nitrogens with zero attached hydrogens (tertiary/aromatic N) is 4. The van der Waals surface area contributed by atoms with Crippen molar-refractivity contribution in [1.29, 1.82) is 0 Å². The van der Waals surface area contributed by atoms with Gasteiger partial charge in [0.1, 0.15) is 12.0 Å². The Morgan fingerprint density at radius 3 is 2.75 bits per heavy atom. The first-order chi connectivity index (χ1) is 13.6. The molecule has 6 nitrogen and oxygen atoms in total. The minimum atomic E-state index is -0.806. The fourth-order valence-electron chi connectivity index (χ4n) is 3.85. The van der Waals surface area contributed by atoms with Crippen molar-refractivity contribution in [2.75, 3.05) is 31.1 Å². The number of carbonyl (C=O) groups excluding carboxylic acids is 1. The van der Waals surface area contributed by atoms with E-state index in [9.17, 15) is 14.3 Å². The maximum absolute atomic E-state index is 13.3. The third-order valence-electron chi connectivity index (χ3n) is 5.44. The van der Waals surface area contributed by atoms with Gasteiger partial charge in [0.15, 0.2) is 5.82 Å². The number of aliphatic hydroxyl groups is 1. The van der Waals surface area contributed by atoms with Gasteiger partial charge in [0, 0.05) is 43.5 Å². The highest BCUT2D eigenvalue weighted by molar-refractivity contribution is 5.95. The molecule has 1 amide bonds. The van der Waals surface area contributed by atoms with Gasteiger partial charge in [-0.2, -0.15) is 0 Å². The predicted octanol–water partition coefficient (Wildman–Crippen LogP) is 2.68. The minimum Gasteiger partial charge on any atom is -0.391 e. The maximum atomic E-state index is 13.3. The van der Waals surface area contributed by atoms with Crippen LogP contribution in [0.5, 0.6) is 0 Å². The lowest BCUT2D eigenvalue weighted by atomic mass is 10.1. The normalized spacial score (nSPS) is 21.0. The van der Waals surface area contributed by atoms with Gasteiger partial charge in [-0.1, -0.05) is 12.1 Å². The number of anilines is 1. The van der Waals surface area contributed by atoms with Gasteiger partial charge < -0.3 is 14.9 Å². The second kappa shape index (κ2) is 8.22. The number of hydrogen-bond acceptors (Lipinski definition) is 5. The predicted molar refractivity (Wildman–Crippen MR) is 105 cm³/mol. The van der Waals surface area contributed by atoms with E-state index in [0.717, 1.165) is 30.8 Å². The molecule has 2 aliphatic rings. The molecule has 0 unspecified atom stereocenters. The first-order valence-electron chi connectivity index (χ1n) is 9.90. The molecular formula is C21H25FN4O2. The highest BCUT2D eigenvalue weighted by Gasteiger charge is 2.24. The van der Waals surface area contributed by atoms with Gasteiger partial charge in [-0.25, -0.2) is 14.4 Å². The van der Waals surface area contributed by atoms with Crippen LogP contribution < -0.4 is 4.90 Å². The molecule has 148 valence electrons. The molecular weight excluding hydrogens is 359 g/mol. The van der Waals surface area contributed by atoms with Crippen molar-refractivity contribution >= 4 is 11.7 Å². The molecule has 1 atom stereocenters. The molecule has 0 bridgehead atoms. The van der Waals surface area contributed by atoms with Gasteiger partial charge in [-0.3, -0.25) is 4.79 Å². The fourth-order valence-corrected chi connectivity index (χ4v) is 3.85. The summed E-state index contributed by atoms with van der Waals surface area (Å²) in [6.45, 7) is 2.33. The molecule has 0 radical (unpaired) electrons. The van der Waals surface area contributed by atoms with Crippen LogP contribution in [0.2, 0.25) is 0 Å². The topological polar surface area (TPSA) is 69.6 Å². The van der Waals surface area contributed by atoms with E-state index in [1.54, 1.807) is 23.2 Å². The SMILES string of the molecule is O=C(c1cccc(-c2nccc(N3CCC[C@H](O)C3)n2)c1)N1CCC(F)CC1. The van der Waals surface area contributed by atoms with E-state index >= 15 is 0 Å². The fraction of sp³-hybridized carbons (Fsp3) is 0.476. The highest BCUT2D eigenvalue weighted by Crippen LogP contribution is 2.23. The lowest BCUT2D eigenvalue weighted by Gasteiger charge is -2.31. The minimum absolute atomic E-state index is 0.0796. The van der Waals surface area contributed by atoms with E-state index in [1.165, 1.54) is 0 Å². The average molecular weight is 384 g/mol. The van der Waals surface area contributed by atoms with Gasteiger partial charge in [-0.15, -0.1) is 0 Å². The number of piperidine rings is 2. The third-order valence-corrected chi connectivity index (χ3v) is 5.44. The highest BCUT2D eigenvalue weighted by atomic mass is 19.1. The summed E-state index contributed by atoms with van der Waals surface area (Å²) < 4.78 is 13.3.